The lowest BCUT2D eigenvalue weighted by Crippen LogP contribution is -2.99. The molecule has 0 aromatic heterocycles. The molecule has 4 atom stereocenters. The number of nitrogens with two attached hydrogens (primary N) is 2. The van der Waals surface area contributed by atoms with Gasteiger partial charge in [0.25, 0.3) is 5.91 Å². The van der Waals surface area contributed by atoms with Gasteiger partial charge >= 0.3 is 0 Å². The molecule has 3 aromatic carbocycles. The summed E-state index contributed by atoms with van der Waals surface area (Å²) in [6.07, 6.45) is 0.323. The molecule has 0 unspecified atom stereocenters. The molecule has 3 aliphatic rings. The Bertz CT molecular complexity index is 1500. The molecule has 2 fully saturated rings. The Hall–Kier alpha value is -3.75. The number of rotatable bonds is 4. The summed E-state index contributed by atoms with van der Waals surface area (Å²) >= 11 is 6.32. The van der Waals surface area contributed by atoms with E-state index in [0.717, 1.165) is 10.8 Å². The minimum Gasteiger partial charge on any atom is -0.370 e. The summed E-state index contributed by atoms with van der Waals surface area (Å²) in [7, 11) is 0. The largest absolute Gasteiger partial charge is 0.370 e. The van der Waals surface area contributed by atoms with Crippen LogP contribution in [0.2, 0.25) is 5.02 Å². The van der Waals surface area contributed by atoms with E-state index < -0.39 is 35.2 Å². The number of carbonyl (C=O) groups is 4. The van der Waals surface area contributed by atoms with Crippen LogP contribution in [0.25, 0.3) is 10.8 Å². The predicted molar refractivity (Wildman–Crippen MR) is 134 cm³/mol. The Morgan fingerprint density at radius 1 is 1.08 bits per heavy atom. The number of halogens is 1. The number of hydrogen-bond acceptors (Lipinski definition) is 4. The van der Waals surface area contributed by atoms with Crippen molar-refractivity contribution >= 4 is 57.4 Å². The number of amides is 4. The standard InChI is InChI=1S/C27H23ClN4O4/c1-13-18(28)9-8-17-23(13)30-26(36)27(17)22-21(19(31-27)10-11-20(29)33)24(34)32(25(22)35)16-7-6-14-4-2-3-5-15(14)12-16/h2-9,12,19,21-22,31H,10-11H2,1H3,(H2,29,33)(H,30,36)/p+1/t19-,21-,22+,27-/m1/s1. The summed E-state index contributed by atoms with van der Waals surface area (Å²) in [5, 5.41) is 7.10. The summed E-state index contributed by atoms with van der Waals surface area (Å²) in [5.41, 5.74) is 6.45. The van der Waals surface area contributed by atoms with E-state index in [1.54, 1.807) is 30.4 Å². The van der Waals surface area contributed by atoms with Gasteiger partial charge in [-0.05, 0) is 47.5 Å². The Balaban J connectivity index is 1.50. The summed E-state index contributed by atoms with van der Waals surface area (Å²) < 4.78 is 0. The zero-order valence-corrected chi connectivity index (χ0v) is 20.2. The number of anilines is 2. The van der Waals surface area contributed by atoms with E-state index in [-0.39, 0.29) is 24.7 Å². The topological polar surface area (TPSA) is 126 Å². The normalized spacial score (nSPS) is 26.6. The molecule has 3 aromatic rings. The van der Waals surface area contributed by atoms with Crippen molar-refractivity contribution in [1.82, 2.24) is 0 Å². The van der Waals surface area contributed by atoms with E-state index in [1.165, 1.54) is 4.90 Å². The summed E-state index contributed by atoms with van der Waals surface area (Å²) in [4.78, 5) is 54.4. The number of nitrogens with one attached hydrogen (secondary N) is 1. The van der Waals surface area contributed by atoms with Crippen molar-refractivity contribution in [1.29, 1.82) is 0 Å². The molecule has 36 heavy (non-hydrogen) atoms. The number of benzene rings is 3. The average molecular weight is 504 g/mol. The van der Waals surface area contributed by atoms with Crippen LogP contribution in [-0.4, -0.2) is 29.7 Å². The van der Waals surface area contributed by atoms with Crippen molar-refractivity contribution in [3.63, 3.8) is 0 Å². The Kier molecular flexibility index (Phi) is 4.97. The molecule has 9 heteroatoms. The first-order chi connectivity index (χ1) is 17.2. The molecule has 0 bridgehead atoms. The molecular formula is C27H24ClN4O4+. The minimum atomic E-state index is -1.34. The van der Waals surface area contributed by atoms with Gasteiger partial charge in [0.2, 0.25) is 23.3 Å². The van der Waals surface area contributed by atoms with Crippen LogP contribution < -0.4 is 21.3 Å². The number of nitrogens with zero attached hydrogens (tertiary/aromatic N) is 1. The maximum absolute atomic E-state index is 14.1. The zero-order chi connectivity index (χ0) is 25.4. The van der Waals surface area contributed by atoms with E-state index in [0.29, 0.717) is 27.5 Å². The van der Waals surface area contributed by atoms with E-state index in [1.807, 2.05) is 36.4 Å². The Labute approximate surface area is 211 Å². The van der Waals surface area contributed by atoms with E-state index >= 15 is 0 Å². The first kappa shape index (κ1) is 22.7. The van der Waals surface area contributed by atoms with Crippen LogP contribution in [0.4, 0.5) is 11.4 Å². The highest BCUT2D eigenvalue weighted by molar-refractivity contribution is 6.32. The molecule has 182 valence electrons. The highest BCUT2D eigenvalue weighted by Gasteiger charge is 2.74. The first-order valence-corrected chi connectivity index (χ1v) is 12.2. The van der Waals surface area contributed by atoms with Crippen molar-refractivity contribution in [2.75, 3.05) is 10.2 Å². The maximum Gasteiger partial charge on any atom is 0.291 e. The fourth-order valence-corrected chi connectivity index (χ4v) is 6.45. The van der Waals surface area contributed by atoms with Gasteiger partial charge < -0.3 is 16.4 Å². The number of hydrogen-bond donors (Lipinski definition) is 3. The fourth-order valence-electron chi connectivity index (χ4n) is 6.29. The lowest BCUT2D eigenvalue weighted by molar-refractivity contribution is -0.733. The Morgan fingerprint density at radius 3 is 2.58 bits per heavy atom. The van der Waals surface area contributed by atoms with Gasteiger partial charge in [0.1, 0.15) is 17.9 Å². The van der Waals surface area contributed by atoms with Gasteiger partial charge in [0.05, 0.1) is 11.4 Å². The first-order valence-electron chi connectivity index (χ1n) is 11.9. The quantitative estimate of drug-likeness (QED) is 0.470. The van der Waals surface area contributed by atoms with Crippen LogP contribution in [0.1, 0.15) is 24.0 Å². The number of fused-ring (bicyclic) bond motifs is 5. The third-order valence-electron chi connectivity index (χ3n) is 7.95. The minimum absolute atomic E-state index is 0.0477. The van der Waals surface area contributed by atoms with Gasteiger partial charge in [-0.15, -0.1) is 0 Å². The van der Waals surface area contributed by atoms with Crippen LogP contribution in [0, 0.1) is 18.8 Å². The third-order valence-corrected chi connectivity index (χ3v) is 8.36. The van der Waals surface area contributed by atoms with E-state index in [2.05, 4.69) is 5.32 Å². The average Bonchev–Trinajstić information content (AvgIpc) is 3.44. The van der Waals surface area contributed by atoms with Gasteiger partial charge in [-0.3, -0.25) is 19.2 Å². The fraction of sp³-hybridized carbons (Fsp3) is 0.259. The number of quaternary nitrogens is 1. The monoisotopic (exact) mass is 503 g/mol. The highest BCUT2D eigenvalue weighted by Crippen LogP contribution is 2.51. The molecular weight excluding hydrogens is 480 g/mol. The maximum atomic E-state index is 14.1. The van der Waals surface area contributed by atoms with Crippen molar-refractivity contribution in [3.05, 3.63) is 70.7 Å². The smallest absolute Gasteiger partial charge is 0.291 e. The molecule has 0 radical (unpaired) electrons. The van der Waals surface area contributed by atoms with Gasteiger partial charge in [-0.2, -0.15) is 0 Å². The zero-order valence-electron chi connectivity index (χ0n) is 19.5. The van der Waals surface area contributed by atoms with Crippen LogP contribution in [-0.2, 0) is 24.7 Å². The van der Waals surface area contributed by atoms with Gasteiger partial charge in [0, 0.05) is 23.4 Å². The highest BCUT2D eigenvalue weighted by atomic mass is 35.5. The molecule has 1 spiro atoms. The van der Waals surface area contributed by atoms with Gasteiger partial charge in [0.15, 0.2) is 0 Å². The summed E-state index contributed by atoms with van der Waals surface area (Å²) in [5.74, 6) is -3.36. The van der Waals surface area contributed by atoms with Crippen molar-refractivity contribution in [3.8, 4) is 0 Å². The van der Waals surface area contributed by atoms with Crippen molar-refractivity contribution in [2.24, 2.45) is 17.6 Å². The third kappa shape index (κ3) is 2.98. The molecule has 5 N–H and O–H groups in total. The molecule has 3 heterocycles. The second-order valence-electron chi connectivity index (χ2n) is 9.80. The van der Waals surface area contributed by atoms with Gasteiger partial charge in [-0.25, -0.2) is 4.90 Å². The van der Waals surface area contributed by atoms with Crippen molar-refractivity contribution < 1.29 is 24.5 Å². The molecule has 8 nitrogen and oxygen atoms in total. The van der Waals surface area contributed by atoms with Crippen LogP contribution in [0.3, 0.4) is 0 Å². The Morgan fingerprint density at radius 2 is 1.83 bits per heavy atom. The molecule has 4 amide bonds. The van der Waals surface area contributed by atoms with E-state index in [9.17, 15) is 19.2 Å². The number of primary amides is 1. The second kappa shape index (κ2) is 7.88. The number of carbonyl (C=O) groups excluding carboxylic acids is 4. The molecule has 2 saturated heterocycles. The van der Waals surface area contributed by atoms with Crippen LogP contribution >= 0.6 is 11.6 Å². The SMILES string of the molecule is Cc1c(Cl)ccc2c1NC(=O)[C@@]21[NH2+][C@H](CCC(N)=O)[C@H]2C(=O)N(c3ccc4ccccc4c3)C(=O)[C@H]21. The van der Waals surface area contributed by atoms with Gasteiger partial charge in [-0.1, -0.05) is 41.9 Å². The lowest BCUT2D eigenvalue weighted by Gasteiger charge is -2.26. The molecule has 0 aliphatic carbocycles. The molecule has 0 saturated carbocycles. The second-order valence-corrected chi connectivity index (χ2v) is 10.2. The molecule has 6 rings (SSSR count). The lowest BCUT2D eigenvalue weighted by atomic mass is 9.76. The van der Waals surface area contributed by atoms with Crippen LogP contribution in [0.15, 0.2) is 54.6 Å². The number of imide groups is 1. The van der Waals surface area contributed by atoms with Crippen LogP contribution in [0.5, 0.6) is 0 Å². The van der Waals surface area contributed by atoms with E-state index in [4.69, 9.17) is 17.3 Å². The predicted octanol–water partition coefficient (Wildman–Crippen LogP) is 1.97. The summed E-state index contributed by atoms with van der Waals surface area (Å²) in [6.45, 7) is 1.81. The summed E-state index contributed by atoms with van der Waals surface area (Å²) in [6, 6.07) is 16.1. The molecule has 3 aliphatic heterocycles. The van der Waals surface area contributed by atoms with Crippen molar-refractivity contribution in [2.45, 2.75) is 31.3 Å².